The van der Waals surface area contributed by atoms with Crippen LogP contribution in [0.3, 0.4) is 0 Å². The molecule has 2 N–H and O–H groups in total. The highest BCUT2D eigenvalue weighted by Crippen LogP contribution is 2.23. The third kappa shape index (κ3) is 4.06. The van der Waals surface area contributed by atoms with E-state index in [1.54, 1.807) is 18.2 Å². The number of nitrogens with one attached hydrogen (secondary N) is 1. The van der Waals surface area contributed by atoms with Crippen LogP contribution >= 0.6 is 15.9 Å². The largest absolute Gasteiger partial charge is 0.496 e. The van der Waals surface area contributed by atoms with E-state index in [2.05, 4.69) is 21.2 Å². The van der Waals surface area contributed by atoms with Gasteiger partial charge in [0.05, 0.1) is 19.3 Å². The summed E-state index contributed by atoms with van der Waals surface area (Å²) >= 11 is 3.34. The van der Waals surface area contributed by atoms with Gasteiger partial charge in [0.2, 0.25) is 0 Å². The van der Waals surface area contributed by atoms with E-state index in [9.17, 15) is 4.79 Å². The molecular formula is C16H16BrNO3. The number of halogens is 1. The molecule has 0 aliphatic rings. The summed E-state index contributed by atoms with van der Waals surface area (Å²) in [6, 6.07) is 12.7. The lowest BCUT2D eigenvalue weighted by molar-refractivity contribution is 0.0948. The number of carbonyl (C=O) groups is 1. The Morgan fingerprint density at radius 1 is 1.19 bits per heavy atom. The smallest absolute Gasteiger partial charge is 0.255 e. The normalized spacial score (nSPS) is 10.2. The Morgan fingerprint density at radius 2 is 1.86 bits per heavy atom. The lowest BCUT2D eigenvalue weighted by Gasteiger charge is -2.10. The summed E-state index contributed by atoms with van der Waals surface area (Å²) in [5, 5.41) is 11.8. The van der Waals surface area contributed by atoms with Gasteiger partial charge in [0.1, 0.15) is 5.75 Å². The highest BCUT2D eigenvalue weighted by atomic mass is 79.9. The Labute approximate surface area is 131 Å². The van der Waals surface area contributed by atoms with Crippen molar-refractivity contribution in [2.45, 2.75) is 13.2 Å². The number of aliphatic hydroxyl groups is 1. The maximum absolute atomic E-state index is 12.2. The average Bonchev–Trinajstić information content (AvgIpc) is 2.52. The van der Waals surface area contributed by atoms with Crippen LogP contribution in [0.4, 0.5) is 0 Å². The first-order chi connectivity index (χ1) is 10.1. The van der Waals surface area contributed by atoms with Crippen molar-refractivity contribution in [1.82, 2.24) is 5.32 Å². The lowest BCUT2D eigenvalue weighted by atomic mass is 10.1. The van der Waals surface area contributed by atoms with Gasteiger partial charge in [-0.05, 0) is 29.3 Å². The predicted octanol–water partition coefficient (Wildman–Crippen LogP) is 2.88. The number of hydrogen-bond donors (Lipinski definition) is 2. The van der Waals surface area contributed by atoms with Crippen molar-refractivity contribution in [2.75, 3.05) is 7.11 Å². The van der Waals surface area contributed by atoms with E-state index in [1.165, 1.54) is 7.11 Å². The van der Waals surface area contributed by atoms with Crippen LogP contribution in [0, 0.1) is 0 Å². The van der Waals surface area contributed by atoms with E-state index in [0.29, 0.717) is 17.9 Å². The Bertz CT molecular complexity index is 626. The second-order valence-electron chi connectivity index (χ2n) is 4.50. The van der Waals surface area contributed by atoms with Crippen molar-refractivity contribution in [3.05, 3.63) is 63.6 Å². The van der Waals surface area contributed by atoms with E-state index < -0.39 is 0 Å². The number of ether oxygens (including phenoxy) is 1. The minimum Gasteiger partial charge on any atom is -0.496 e. The highest BCUT2D eigenvalue weighted by Gasteiger charge is 2.12. The zero-order valence-electron chi connectivity index (χ0n) is 11.6. The lowest BCUT2D eigenvalue weighted by Crippen LogP contribution is -2.23. The number of benzene rings is 2. The van der Waals surface area contributed by atoms with Gasteiger partial charge in [0, 0.05) is 11.0 Å². The summed E-state index contributed by atoms with van der Waals surface area (Å²) in [6.07, 6.45) is 0. The van der Waals surface area contributed by atoms with E-state index >= 15 is 0 Å². The first-order valence-electron chi connectivity index (χ1n) is 6.44. The van der Waals surface area contributed by atoms with E-state index in [4.69, 9.17) is 9.84 Å². The van der Waals surface area contributed by atoms with Gasteiger partial charge in [-0.3, -0.25) is 4.79 Å². The minimum atomic E-state index is -0.189. The summed E-state index contributed by atoms with van der Waals surface area (Å²) in [5.74, 6) is 0.336. The Balaban J connectivity index is 2.04. The van der Waals surface area contributed by atoms with Crippen LogP contribution in [0.2, 0.25) is 0 Å². The van der Waals surface area contributed by atoms with Crippen molar-refractivity contribution in [3.63, 3.8) is 0 Å². The zero-order chi connectivity index (χ0) is 15.2. The molecule has 5 heteroatoms. The van der Waals surface area contributed by atoms with Gasteiger partial charge in [0.15, 0.2) is 0 Å². The van der Waals surface area contributed by atoms with Gasteiger partial charge in [-0.15, -0.1) is 0 Å². The summed E-state index contributed by atoms with van der Waals surface area (Å²) in [5.41, 5.74) is 2.31. The standard InChI is InChI=1S/C16H16BrNO3/c1-21-15-8-13(17)6-7-14(15)16(20)18-9-11-2-4-12(10-19)5-3-11/h2-8,19H,9-10H2,1H3,(H,18,20). The first kappa shape index (κ1) is 15.5. The average molecular weight is 350 g/mol. The molecule has 110 valence electrons. The van der Waals surface area contributed by atoms with Crippen molar-refractivity contribution in [1.29, 1.82) is 0 Å². The molecule has 0 fully saturated rings. The van der Waals surface area contributed by atoms with E-state index in [-0.39, 0.29) is 12.5 Å². The monoisotopic (exact) mass is 349 g/mol. The van der Waals surface area contributed by atoms with Crippen LogP contribution in [0.25, 0.3) is 0 Å². The molecule has 0 heterocycles. The second kappa shape index (κ2) is 7.24. The molecule has 0 aliphatic heterocycles. The number of carbonyl (C=O) groups excluding carboxylic acids is 1. The van der Waals surface area contributed by atoms with Crippen molar-refractivity contribution >= 4 is 21.8 Å². The molecule has 0 saturated heterocycles. The van der Waals surface area contributed by atoms with Crippen molar-refractivity contribution < 1.29 is 14.6 Å². The fourth-order valence-electron chi connectivity index (χ4n) is 1.89. The zero-order valence-corrected chi connectivity index (χ0v) is 13.2. The molecule has 0 saturated carbocycles. The molecule has 0 unspecified atom stereocenters. The Kier molecular flexibility index (Phi) is 5.36. The van der Waals surface area contributed by atoms with E-state index in [1.807, 2.05) is 24.3 Å². The molecule has 0 radical (unpaired) electrons. The summed E-state index contributed by atoms with van der Waals surface area (Å²) in [7, 11) is 1.53. The molecule has 0 aromatic heterocycles. The number of methoxy groups -OCH3 is 1. The van der Waals surface area contributed by atoms with Crippen molar-refractivity contribution in [3.8, 4) is 5.75 Å². The summed E-state index contributed by atoms with van der Waals surface area (Å²) < 4.78 is 6.07. The van der Waals surface area contributed by atoms with Crippen LogP contribution in [0.5, 0.6) is 5.75 Å². The Morgan fingerprint density at radius 3 is 2.48 bits per heavy atom. The molecular weight excluding hydrogens is 334 g/mol. The quantitative estimate of drug-likeness (QED) is 0.872. The van der Waals surface area contributed by atoms with Crippen molar-refractivity contribution in [2.24, 2.45) is 0 Å². The molecule has 4 nitrogen and oxygen atoms in total. The van der Waals surface area contributed by atoms with Crippen LogP contribution in [0.1, 0.15) is 21.5 Å². The van der Waals surface area contributed by atoms with Crippen LogP contribution in [-0.2, 0) is 13.2 Å². The third-order valence-corrected chi connectivity index (χ3v) is 3.56. The topological polar surface area (TPSA) is 58.6 Å². The summed E-state index contributed by atoms with van der Waals surface area (Å²) in [6.45, 7) is 0.437. The number of hydrogen-bond acceptors (Lipinski definition) is 3. The van der Waals surface area contributed by atoms with Gasteiger partial charge >= 0.3 is 0 Å². The van der Waals surface area contributed by atoms with Gasteiger partial charge in [-0.1, -0.05) is 40.2 Å². The summed E-state index contributed by atoms with van der Waals surface area (Å²) in [4.78, 5) is 12.2. The second-order valence-corrected chi connectivity index (χ2v) is 5.42. The van der Waals surface area contributed by atoms with Gasteiger partial charge in [-0.25, -0.2) is 0 Å². The first-order valence-corrected chi connectivity index (χ1v) is 7.23. The molecule has 0 spiro atoms. The van der Waals surface area contributed by atoms with Gasteiger partial charge in [0.25, 0.3) is 5.91 Å². The fourth-order valence-corrected chi connectivity index (χ4v) is 2.23. The molecule has 2 rings (SSSR count). The molecule has 1 amide bonds. The molecule has 21 heavy (non-hydrogen) atoms. The molecule has 0 aliphatic carbocycles. The maximum atomic E-state index is 12.2. The fraction of sp³-hybridized carbons (Fsp3) is 0.188. The predicted molar refractivity (Wildman–Crippen MR) is 84.2 cm³/mol. The third-order valence-electron chi connectivity index (χ3n) is 3.07. The highest BCUT2D eigenvalue weighted by molar-refractivity contribution is 9.10. The number of amides is 1. The van der Waals surface area contributed by atoms with Crippen LogP contribution in [0.15, 0.2) is 46.9 Å². The molecule has 0 atom stereocenters. The molecule has 2 aromatic carbocycles. The van der Waals surface area contributed by atoms with E-state index in [0.717, 1.165) is 15.6 Å². The SMILES string of the molecule is COc1cc(Br)ccc1C(=O)NCc1ccc(CO)cc1. The molecule has 2 aromatic rings. The maximum Gasteiger partial charge on any atom is 0.255 e. The van der Waals surface area contributed by atoms with Gasteiger partial charge < -0.3 is 15.2 Å². The van der Waals surface area contributed by atoms with Crippen LogP contribution in [-0.4, -0.2) is 18.1 Å². The minimum absolute atomic E-state index is 0.0166. The van der Waals surface area contributed by atoms with Gasteiger partial charge in [-0.2, -0.15) is 0 Å². The Hall–Kier alpha value is -1.85. The number of aliphatic hydroxyl groups excluding tert-OH is 1. The van der Waals surface area contributed by atoms with Crippen LogP contribution < -0.4 is 10.1 Å². The molecule has 0 bridgehead atoms. The number of rotatable bonds is 5.